The van der Waals surface area contributed by atoms with Crippen molar-refractivity contribution in [3.63, 3.8) is 0 Å². The maximum Gasteiger partial charge on any atom is 0.239 e. The number of halogens is 1. The van der Waals surface area contributed by atoms with E-state index in [1.54, 1.807) is 0 Å². The number of hydrogen-bond acceptors (Lipinski definition) is 4. The van der Waals surface area contributed by atoms with Gasteiger partial charge >= 0.3 is 0 Å². The summed E-state index contributed by atoms with van der Waals surface area (Å²) in [5, 5.41) is -0.206. The van der Waals surface area contributed by atoms with E-state index in [-0.39, 0.29) is 23.6 Å². The number of carbonyl (C=O) groups excluding carboxylic acids is 1. The molecule has 0 spiro atoms. The molecule has 3 N–H and O–H groups in total. The van der Waals surface area contributed by atoms with Gasteiger partial charge in [-0.2, -0.15) is 0 Å². The second-order valence-electron chi connectivity index (χ2n) is 5.77. The molecule has 0 aromatic heterocycles. The topological polar surface area (TPSA) is 92.5 Å². The zero-order chi connectivity index (χ0) is 14.6. The molecule has 0 aromatic carbocycles. The number of sulfonamides is 1. The number of rotatable bonds is 7. The summed E-state index contributed by atoms with van der Waals surface area (Å²) in [5.74, 6) is 0.00403. The number of likely N-dealkylation sites (tertiary alicyclic amines) is 1. The molecule has 2 aliphatic rings. The van der Waals surface area contributed by atoms with Gasteiger partial charge in [-0.15, -0.1) is 12.4 Å². The van der Waals surface area contributed by atoms with Crippen molar-refractivity contribution >= 4 is 28.3 Å². The van der Waals surface area contributed by atoms with Crippen LogP contribution in [-0.4, -0.2) is 50.2 Å². The molecule has 1 aliphatic carbocycles. The van der Waals surface area contributed by atoms with E-state index in [0.29, 0.717) is 19.4 Å². The monoisotopic (exact) mass is 339 g/mol. The third-order valence-corrected chi connectivity index (χ3v) is 6.18. The van der Waals surface area contributed by atoms with Crippen LogP contribution >= 0.6 is 12.4 Å². The first-order chi connectivity index (χ1) is 9.50. The summed E-state index contributed by atoms with van der Waals surface area (Å²) in [6, 6.07) is -0.499. The summed E-state index contributed by atoms with van der Waals surface area (Å²) in [4.78, 5) is 13.8. The molecule has 124 valence electrons. The first-order valence-electron chi connectivity index (χ1n) is 7.53. The largest absolute Gasteiger partial charge is 0.341 e. The first-order valence-corrected chi connectivity index (χ1v) is 9.08. The Morgan fingerprint density at radius 2 is 1.86 bits per heavy atom. The van der Waals surface area contributed by atoms with Crippen LogP contribution in [0.5, 0.6) is 0 Å². The third kappa shape index (κ3) is 5.09. The number of nitrogens with one attached hydrogen (secondary N) is 1. The minimum atomic E-state index is -3.14. The fourth-order valence-electron chi connectivity index (χ4n) is 2.63. The predicted octanol–water partition coefficient (Wildman–Crippen LogP) is 0.610. The van der Waals surface area contributed by atoms with Crippen LogP contribution in [-0.2, 0) is 14.8 Å². The van der Waals surface area contributed by atoms with Gasteiger partial charge in [-0.3, -0.25) is 4.79 Å². The van der Waals surface area contributed by atoms with Crippen LogP contribution in [0, 0.1) is 0 Å². The van der Waals surface area contributed by atoms with Crippen molar-refractivity contribution in [3.8, 4) is 0 Å². The molecule has 8 heteroatoms. The van der Waals surface area contributed by atoms with E-state index >= 15 is 0 Å². The predicted molar refractivity (Wildman–Crippen MR) is 84.8 cm³/mol. The highest BCUT2D eigenvalue weighted by Crippen LogP contribution is 2.25. The average Bonchev–Trinajstić information content (AvgIpc) is 2.84. The first kappa shape index (κ1) is 18.7. The molecule has 1 aliphatic heterocycles. The molecule has 1 saturated carbocycles. The van der Waals surface area contributed by atoms with Crippen molar-refractivity contribution in [1.82, 2.24) is 9.62 Å². The van der Waals surface area contributed by atoms with Gasteiger partial charge < -0.3 is 10.6 Å². The van der Waals surface area contributed by atoms with Gasteiger partial charge in [-0.1, -0.05) is 6.42 Å². The van der Waals surface area contributed by atoms with E-state index in [0.717, 1.165) is 45.2 Å². The molecule has 2 rings (SSSR count). The van der Waals surface area contributed by atoms with Gasteiger partial charge in [-0.05, 0) is 38.5 Å². The molecule has 1 heterocycles. The molecule has 2 fully saturated rings. The Hall–Kier alpha value is -0.370. The Labute approximate surface area is 133 Å². The molecule has 0 aromatic rings. The molecule has 1 saturated heterocycles. The second-order valence-corrected chi connectivity index (χ2v) is 7.82. The SMILES string of the molecule is Cl.NC(CCCNS(=O)(=O)C1CCC1)C(=O)N1CCCC1. The Kier molecular flexibility index (Phi) is 7.39. The van der Waals surface area contributed by atoms with Crippen molar-refractivity contribution < 1.29 is 13.2 Å². The van der Waals surface area contributed by atoms with E-state index in [2.05, 4.69) is 4.72 Å². The Morgan fingerprint density at radius 1 is 1.24 bits per heavy atom. The molecule has 0 bridgehead atoms. The molecule has 1 atom stereocenters. The highest BCUT2D eigenvalue weighted by Gasteiger charge is 2.30. The average molecular weight is 340 g/mol. The molecular weight excluding hydrogens is 314 g/mol. The van der Waals surface area contributed by atoms with Crippen molar-refractivity contribution in [2.24, 2.45) is 5.73 Å². The van der Waals surface area contributed by atoms with Gasteiger partial charge in [0.1, 0.15) is 0 Å². The van der Waals surface area contributed by atoms with E-state index in [1.165, 1.54) is 0 Å². The van der Waals surface area contributed by atoms with Crippen LogP contribution in [0.4, 0.5) is 0 Å². The van der Waals surface area contributed by atoms with Crippen LogP contribution in [0.3, 0.4) is 0 Å². The van der Waals surface area contributed by atoms with E-state index < -0.39 is 16.1 Å². The van der Waals surface area contributed by atoms with Gasteiger partial charge in [0.2, 0.25) is 15.9 Å². The molecule has 6 nitrogen and oxygen atoms in total. The number of hydrogen-bond donors (Lipinski definition) is 2. The summed E-state index contributed by atoms with van der Waals surface area (Å²) in [6.07, 6.45) is 5.78. The zero-order valence-corrected chi connectivity index (χ0v) is 13.9. The van der Waals surface area contributed by atoms with Gasteiger partial charge in [0.15, 0.2) is 0 Å². The fourth-order valence-corrected chi connectivity index (χ4v) is 4.25. The van der Waals surface area contributed by atoms with E-state index in [1.807, 2.05) is 4.90 Å². The standard InChI is InChI=1S/C13H25N3O3S.ClH/c14-12(13(17)16-9-1-2-10-16)7-4-8-15-20(18,19)11-5-3-6-11;/h11-12,15H,1-10,14H2;1H. The summed E-state index contributed by atoms with van der Waals surface area (Å²) < 4.78 is 26.2. The Morgan fingerprint density at radius 3 is 2.38 bits per heavy atom. The van der Waals surface area contributed by atoms with Gasteiger partial charge in [0, 0.05) is 19.6 Å². The lowest BCUT2D eigenvalue weighted by atomic mass is 10.0. The Balaban J connectivity index is 0.00000220. The normalized spacial score (nSPS) is 20.7. The molecular formula is C13H26ClN3O3S. The Bertz CT molecular complexity index is 434. The van der Waals surface area contributed by atoms with Gasteiger partial charge in [0.25, 0.3) is 0 Å². The third-order valence-electron chi connectivity index (χ3n) is 4.22. The van der Waals surface area contributed by atoms with Crippen molar-refractivity contribution in [3.05, 3.63) is 0 Å². The highest BCUT2D eigenvalue weighted by molar-refractivity contribution is 7.90. The van der Waals surface area contributed by atoms with Crippen LogP contribution in [0.25, 0.3) is 0 Å². The lowest BCUT2D eigenvalue weighted by Gasteiger charge is -2.25. The highest BCUT2D eigenvalue weighted by atomic mass is 35.5. The lowest BCUT2D eigenvalue weighted by Crippen LogP contribution is -2.43. The number of nitrogens with zero attached hydrogens (tertiary/aromatic N) is 1. The summed E-state index contributed by atoms with van der Waals surface area (Å²) in [5.41, 5.74) is 5.88. The van der Waals surface area contributed by atoms with E-state index in [9.17, 15) is 13.2 Å². The van der Waals surface area contributed by atoms with Crippen molar-refractivity contribution in [2.45, 2.75) is 56.2 Å². The van der Waals surface area contributed by atoms with Crippen molar-refractivity contribution in [2.75, 3.05) is 19.6 Å². The van der Waals surface area contributed by atoms with Crippen LogP contribution in [0.15, 0.2) is 0 Å². The molecule has 0 radical (unpaired) electrons. The zero-order valence-electron chi connectivity index (χ0n) is 12.3. The number of nitrogens with two attached hydrogens (primary N) is 1. The van der Waals surface area contributed by atoms with Crippen LogP contribution in [0.2, 0.25) is 0 Å². The van der Waals surface area contributed by atoms with Crippen molar-refractivity contribution in [1.29, 1.82) is 0 Å². The smallest absolute Gasteiger partial charge is 0.239 e. The summed E-state index contributed by atoms with van der Waals surface area (Å²) >= 11 is 0. The number of carbonyl (C=O) groups is 1. The van der Waals surface area contributed by atoms with Crippen LogP contribution in [0.1, 0.15) is 44.9 Å². The lowest BCUT2D eigenvalue weighted by molar-refractivity contribution is -0.131. The van der Waals surface area contributed by atoms with Gasteiger partial charge in [0.05, 0.1) is 11.3 Å². The molecule has 1 unspecified atom stereocenters. The minimum absolute atomic E-state index is 0. The maximum atomic E-state index is 12.0. The second kappa shape index (κ2) is 8.31. The molecule has 21 heavy (non-hydrogen) atoms. The number of amides is 1. The maximum absolute atomic E-state index is 12.0. The van der Waals surface area contributed by atoms with Crippen LogP contribution < -0.4 is 10.5 Å². The quantitative estimate of drug-likeness (QED) is 0.665. The fraction of sp³-hybridized carbons (Fsp3) is 0.923. The molecule has 1 amide bonds. The minimum Gasteiger partial charge on any atom is -0.341 e. The summed E-state index contributed by atoms with van der Waals surface area (Å²) in [6.45, 7) is 1.99. The van der Waals surface area contributed by atoms with Gasteiger partial charge in [-0.25, -0.2) is 13.1 Å². The summed E-state index contributed by atoms with van der Waals surface area (Å²) in [7, 11) is -3.14. The van der Waals surface area contributed by atoms with E-state index in [4.69, 9.17) is 5.73 Å².